The molecular formula is C22H20FN7O. The van der Waals surface area contributed by atoms with Gasteiger partial charge in [-0.3, -0.25) is 9.48 Å². The van der Waals surface area contributed by atoms with Gasteiger partial charge in [-0.1, -0.05) is 12.1 Å². The maximum absolute atomic E-state index is 13.2. The van der Waals surface area contributed by atoms with Crippen LogP contribution < -0.4 is 5.32 Å². The highest BCUT2D eigenvalue weighted by Crippen LogP contribution is 2.24. The summed E-state index contributed by atoms with van der Waals surface area (Å²) in [4.78, 5) is 13.8. The molecule has 0 atom stereocenters. The van der Waals surface area contributed by atoms with Crippen LogP contribution in [-0.2, 0) is 25.3 Å². The molecule has 2 aromatic carbocycles. The average Bonchev–Trinajstić information content (AvgIpc) is 3.33. The molecule has 0 aliphatic rings. The van der Waals surface area contributed by atoms with Crippen molar-refractivity contribution < 1.29 is 9.18 Å². The molecule has 0 aliphatic carbocycles. The van der Waals surface area contributed by atoms with E-state index in [-0.39, 0.29) is 11.7 Å². The molecule has 1 amide bonds. The highest BCUT2D eigenvalue weighted by atomic mass is 19.1. The first kappa shape index (κ1) is 20.1. The Labute approximate surface area is 178 Å². The van der Waals surface area contributed by atoms with Crippen molar-refractivity contribution >= 4 is 17.7 Å². The number of benzene rings is 2. The largest absolute Gasteiger partial charge is 0.323 e. The van der Waals surface area contributed by atoms with Crippen LogP contribution in [0.5, 0.6) is 0 Å². The summed E-state index contributed by atoms with van der Waals surface area (Å²) in [7, 11) is 3.52. The molecule has 0 fully saturated rings. The Morgan fingerprint density at radius 1 is 1.10 bits per heavy atom. The van der Waals surface area contributed by atoms with Crippen molar-refractivity contribution in [2.45, 2.75) is 6.42 Å². The molecular weight excluding hydrogens is 397 g/mol. The Bertz CT molecular complexity index is 1220. The minimum absolute atomic E-state index is 0.266. The monoisotopic (exact) mass is 417 g/mol. The van der Waals surface area contributed by atoms with Gasteiger partial charge in [0.2, 0.25) is 5.91 Å². The zero-order chi connectivity index (χ0) is 21.8. The highest BCUT2D eigenvalue weighted by molar-refractivity contribution is 6.02. The lowest BCUT2D eigenvalue weighted by Crippen LogP contribution is -2.07. The van der Waals surface area contributed by atoms with Crippen LogP contribution in [0.3, 0.4) is 0 Å². The predicted molar refractivity (Wildman–Crippen MR) is 114 cm³/mol. The van der Waals surface area contributed by atoms with Crippen LogP contribution in [0.4, 0.5) is 10.1 Å². The van der Waals surface area contributed by atoms with E-state index in [4.69, 9.17) is 0 Å². The zero-order valence-corrected chi connectivity index (χ0v) is 17.0. The Kier molecular flexibility index (Phi) is 5.65. The Balaban J connectivity index is 1.41. The number of tetrazole rings is 1. The van der Waals surface area contributed by atoms with Crippen LogP contribution in [0, 0.1) is 5.82 Å². The quantitative estimate of drug-likeness (QED) is 0.487. The number of anilines is 1. The topological polar surface area (TPSA) is 90.5 Å². The van der Waals surface area contributed by atoms with Gasteiger partial charge in [-0.25, -0.2) is 4.39 Å². The van der Waals surface area contributed by atoms with Crippen LogP contribution in [0.1, 0.15) is 17.0 Å². The SMILES string of the molecule is Cn1nnc(Cc2ccc(NC(=O)/C=C/c3cnn(C)c3-c3ccc(F)cc3)cc2)n1. The molecule has 1 N–H and O–H groups in total. The molecule has 2 aromatic heterocycles. The molecule has 0 spiro atoms. The van der Waals surface area contributed by atoms with Crippen LogP contribution in [0.15, 0.2) is 60.8 Å². The number of aryl methyl sites for hydroxylation is 2. The number of halogens is 1. The van der Waals surface area contributed by atoms with Crippen LogP contribution in [-0.4, -0.2) is 35.9 Å². The summed E-state index contributed by atoms with van der Waals surface area (Å²) >= 11 is 0. The molecule has 0 saturated carbocycles. The minimum Gasteiger partial charge on any atom is -0.323 e. The summed E-state index contributed by atoms with van der Waals surface area (Å²) < 4.78 is 14.9. The molecule has 0 bridgehead atoms. The Hall–Kier alpha value is -4.14. The van der Waals surface area contributed by atoms with Gasteiger partial charge in [-0.15, -0.1) is 10.2 Å². The lowest BCUT2D eigenvalue weighted by Gasteiger charge is -2.05. The van der Waals surface area contributed by atoms with Crippen LogP contribution in [0.2, 0.25) is 0 Å². The second-order valence-corrected chi connectivity index (χ2v) is 6.97. The zero-order valence-electron chi connectivity index (χ0n) is 17.0. The van der Waals surface area contributed by atoms with Gasteiger partial charge in [-0.05, 0) is 53.3 Å². The number of rotatable bonds is 6. The van der Waals surface area contributed by atoms with E-state index >= 15 is 0 Å². The van der Waals surface area contributed by atoms with Gasteiger partial charge < -0.3 is 5.32 Å². The first-order valence-electron chi connectivity index (χ1n) is 9.57. The molecule has 0 aliphatic heterocycles. The van der Waals surface area contributed by atoms with E-state index < -0.39 is 0 Å². The number of aromatic nitrogens is 6. The maximum Gasteiger partial charge on any atom is 0.248 e. The summed E-state index contributed by atoms with van der Waals surface area (Å²) in [6.07, 6.45) is 5.36. The molecule has 4 aromatic rings. The summed E-state index contributed by atoms with van der Waals surface area (Å²) in [5, 5.41) is 19.0. The van der Waals surface area contributed by atoms with E-state index in [1.54, 1.807) is 43.2 Å². The molecule has 8 nitrogen and oxygen atoms in total. The number of nitrogens with zero attached hydrogens (tertiary/aromatic N) is 6. The van der Waals surface area contributed by atoms with E-state index in [1.165, 1.54) is 23.0 Å². The summed E-state index contributed by atoms with van der Waals surface area (Å²) in [6, 6.07) is 13.6. The summed E-state index contributed by atoms with van der Waals surface area (Å²) in [5.74, 6) is 0.0641. The number of hydrogen-bond acceptors (Lipinski definition) is 5. The molecule has 31 heavy (non-hydrogen) atoms. The second-order valence-electron chi connectivity index (χ2n) is 6.97. The van der Waals surface area contributed by atoms with Gasteiger partial charge in [0.1, 0.15) is 5.82 Å². The van der Waals surface area contributed by atoms with Crippen LogP contribution >= 0.6 is 0 Å². The fraction of sp³-hybridized carbons (Fsp3) is 0.136. The Morgan fingerprint density at radius 3 is 2.52 bits per heavy atom. The minimum atomic E-state index is -0.304. The Morgan fingerprint density at radius 2 is 1.84 bits per heavy atom. The van der Waals surface area contributed by atoms with E-state index in [0.29, 0.717) is 17.9 Å². The molecule has 9 heteroatoms. The van der Waals surface area contributed by atoms with E-state index in [0.717, 1.165) is 22.4 Å². The smallest absolute Gasteiger partial charge is 0.248 e. The first-order chi connectivity index (χ1) is 15.0. The standard InChI is InChI=1S/C22H20FN7O/c1-29-22(16-5-8-18(23)9-6-16)17(14-24-29)7-12-21(31)25-19-10-3-15(4-11-19)13-20-26-28-30(2)27-20/h3-12,14H,13H2,1-2H3,(H,25,31)/b12-7+. The lowest BCUT2D eigenvalue weighted by molar-refractivity contribution is -0.111. The number of amides is 1. The van der Waals surface area contributed by atoms with E-state index in [9.17, 15) is 9.18 Å². The maximum atomic E-state index is 13.2. The van der Waals surface area contributed by atoms with E-state index in [2.05, 4.69) is 25.8 Å². The second kappa shape index (κ2) is 8.70. The third kappa shape index (κ3) is 4.89. The van der Waals surface area contributed by atoms with Gasteiger partial charge in [0.05, 0.1) is 18.9 Å². The fourth-order valence-electron chi connectivity index (χ4n) is 3.17. The van der Waals surface area contributed by atoms with Gasteiger partial charge >= 0.3 is 0 Å². The van der Waals surface area contributed by atoms with Crippen molar-refractivity contribution in [2.24, 2.45) is 14.1 Å². The molecule has 2 heterocycles. The number of hydrogen-bond donors (Lipinski definition) is 1. The highest BCUT2D eigenvalue weighted by Gasteiger charge is 2.10. The first-order valence-corrected chi connectivity index (χ1v) is 9.57. The van der Waals surface area contributed by atoms with Gasteiger partial charge in [0.15, 0.2) is 5.82 Å². The van der Waals surface area contributed by atoms with Gasteiger partial charge in [-0.2, -0.15) is 9.90 Å². The van der Waals surface area contributed by atoms with Gasteiger partial charge in [0, 0.05) is 36.4 Å². The third-order valence-corrected chi connectivity index (χ3v) is 4.63. The van der Waals surface area contributed by atoms with Crippen molar-refractivity contribution in [2.75, 3.05) is 5.32 Å². The normalized spacial score (nSPS) is 11.2. The van der Waals surface area contributed by atoms with Crippen molar-refractivity contribution in [3.8, 4) is 11.3 Å². The summed E-state index contributed by atoms with van der Waals surface area (Å²) in [6.45, 7) is 0. The fourth-order valence-corrected chi connectivity index (χ4v) is 3.17. The van der Waals surface area contributed by atoms with Crippen molar-refractivity contribution in [3.63, 3.8) is 0 Å². The molecule has 0 unspecified atom stereocenters. The molecule has 0 saturated heterocycles. The van der Waals surface area contributed by atoms with Crippen LogP contribution in [0.25, 0.3) is 17.3 Å². The number of nitrogens with one attached hydrogen (secondary N) is 1. The van der Waals surface area contributed by atoms with Crippen molar-refractivity contribution in [1.29, 1.82) is 0 Å². The molecule has 0 radical (unpaired) electrons. The van der Waals surface area contributed by atoms with E-state index in [1.807, 2.05) is 24.3 Å². The van der Waals surface area contributed by atoms with Crippen molar-refractivity contribution in [1.82, 2.24) is 30.0 Å². The number of carbonyl (C=O) groups is 1. The summed E-state index contributed by atoms with van der Waals surface area (Å²) in [5.41, 5.74) is 4.06. The third-order valence-electron chi connectivity index (χ3n) is 4.63. The predicted octanol–water partition coefficient (Wildman–Crippen LogP) is 2.99. The lowest BCUT2D eigenvalue weighted by atomic mass is 10.1. The number of carbonyl (C=O) groups excluding carboxylic acids is 1. The molecule has 156 valence electrons. The van der Waals surface area contributed by atoms with Crippen molar-refractivity contribution in [3.05, 3.63) is 83.6 Å². The molecule has 4 rings (SSSR count). The average molecular weight is 417 g/mol. The van der Waals surface area contributed by atoms with Gasteiger partial charge in [0.25, 0.3) is 0 Å².